The molecule has 0 spiro atoms. The smallest absolute Gasteiger partial charge is 0.178 e. The number of nitrogens with zero attached hydrogens (tertiary/aromatic N) is 3. The van der Waals surface area contributed by atoms with Crippen LogP contribution in [0.5, 0.6) is 0 Å². The van der Waals surface area contributed by atoms with E-state index in [1.54, 1.807) is 0 Å². The van der Waals surface area contributed by atoms with Gasteiger partial charge in [-0.15, -0.1) is 0 Å². The summed E-state index contributed by atoms with van der Waals surface area (Å²) >= 11 is 0. The van der Waals surface area contributed by atoms with Gasteiger partial charge in [0.05, 0.1) is 0 Å². The van der Waals surface area contributed by atoms with Crippen molar-refractivity contribution in [2.75, 3.05) is 0 Å². The highest BCUT2D eigenvalue weighted by Crippen LogP contribution is 2.13. The Morgan fingerprint density at radius 2 is 0.952 bits per heavy atom. The molecule has 0 aromatic carbocycles. The first-order valence-corrected chi connectivity index (χ1v) is 17.4. The summed E-state index contributed by atoms with van der Waals surface area (Å²) in [5.41, 5.74) is 7.05. The summed E-state index contributed by atoms with van der Waals surface area (Å²) < 4.78 is 7.21. The lowest BCUT2D eigenvalue weighted by molar-refractivity contribution is -0.703. The highest BCUT2D eigenvalue weighted by molar-refractivity contribution is 5.12. The first kappa shape index (κ1) is 33.9. The van der Waals surface area contributed by atoms with Crippen LogP contribution in [-0.4, -0.2) is 0 Å². The number of hydrogen-bond donors (Lipinski definition) is 0. The molecule has 0 saturated carbocycles. The molecule has 0 amide bonds. The van der Waals surface area contributed by atoms with Gasteiger partial charge in [-0.05, 0) is 57.6 Å². The Bertz CT molecular complexity index is 1130. The fourth-order valence-electron chi connectivity index (χ4n) is 6.35. The molecule has 3 nitrogen and oxygen atoms in total. The SMILES string of the molecule is Cc1cc(C)c[n+](CCCCCCCCCCc2cc[n+](CCCCCCCCCC[n+]3ccccc3C)c(C)c2)c1. The highest BCUT2D eigenvalue weighted by atomic mass is 15.0. The van der Waals surface area contributed by atoms with Gasteiger partial charge >= 0.3 is 0 Å². The summed E-state index contributed by atoms with van der Waals surface area (Å²) in [6.07, 6.45) is 32.2. The normalized spacial score (nSPS) is 11.3. The second-order valence-electron chi connectivity index (χ2n) is 12.9. The van der Waals surface area contributed by atoms with Crippen LogP contribution in [0.1, 0.15) is 131 Å². The van der Waals surface area contributed by atoms with E-state index in [-0.39, 0.29) is 0 Å². The van der Waals surface area contributed by atoms with Gasteiger partial charge in [0.2, 0.25) is 0 Å². The molecule has 0 aliphatic heterocycles. The zero-order valence-electron chi connectivity index (χ0n) is 27.8. The van der Waals surface area contributed by atoms with Gasteiger partial charge in [0.15, 0.2) is 36.2 Å². The molecule has 0 N–H and O–H groups in total. The van der Waals surface area contributed by atoms with E-state index < -0.39 is 0 Å². The summed E-state index contributed by atoms with van der Waals surface area (Å²) in [5, 5.41) is 0. The Labute approximate surface area is 259 Å². The molecular weight excluding hydrogens is 510 g/mol. The van der Waals surface area contributed by atoms with E-state index in [1.807, 2.05) is 0 Å². The molecule has 0 saturated heterocycles. The molecular formula is C39H62N3+3. The lowest BCUT2D eigenvalue weighted by atomic mass is 10.0. The number of aromatic nitrogens is 3. The van der Waals surface area contributed by atoms with Gasteiger partial charge < -0.3 is 0 Å². The lowest BCUT2D eigenvalue weighted by Crippen LogP contribution is -2.36. The Hall–Kier alpha value is -2.55. The molecule has 0 unspecified atom stereocenters. The molecule has 3 aromatic heterocycles. The first-order valence-electron chi connectivity index (χ1n) is 17.4. The van der Waals surface area contributed by atoms with Gasteiger partial charge in [0, 0.05) is 68.5 Å². The molecule has 230 valence electrons. The molecule has 0 aliphatic rings. The van der Waals surface area contributed by atoms with Gasteiger partial charge in [-0.25, -0.2) is 13.7 Å². The van der Waals surface area contributed by atoms with Crippen LogP contribution in [0, 0.1) is 27.7 Å². The minimum atomic E-state index is 1.16. The second-order valence-corrected chi connectivity index (χ2v) is 12.9. The second kappa shape index (κ2) is 20.4. The van der Waals surface area contributed by atoms with Crippen LogP contribution in [-0.2, 0) is 26.1 Å². The van der Waals surface area contributed by atoms with Gasteiger partial charge in [-0.3, -0.25) is 0 Å². The number of aryl methyl sites for hydroxylation is 8. The van der Waals surface area contributed by atoms with E-state index in [0.29, 0.717) is 0 Å². The van der Waals surface area contributed by atoms with E-state index in [0.717, 1.165) is 13.1 Å². The van der Waals surface area contributed by atoms with Crippen molar-refractivity contribution in [2.24, 2.45) is 0 Å². The standard InChI is InChI=1S/C39H62N3/c1-35-31-36(2)34-40(33-35)26-19-14-10-6-5-9-13-17-24-39-25-30-42(38(4)32-39)28-21-16-12-8-7-11-15-20-27-41-29-22-18-23-37(41)3/h18,22-23,25,29-34H,5-17,19-21,24,26-28H2,1-4H3/q+3. The third-order valence-electron chi connectivity index (χ3n) is 8.86. The van der Waals surface area contributed by atoms with Crippen LogP contribution in [0.4, 0.5) is 0 Å². The largest absolute Gasteiger partial charge is 0.205 e. The first-order chi connectivity index (χ1) is 20.5. The van der Waals surface area contributed by atoms with Crippen molar-refractivity contribution in [2.45, 2.75) is 156 Å². The monoisotopic (exact) mass is 572 g/mol. The third-order valence-corrected chi connectivity index (χ3v) is 8.86. The molecule has 3 aromatic rings. The van der Waals surface area contributed by atoms with Crippen LogP contribution in [0.25, 0.3) is 0 Å². The molecule has 42 heavy (non-hydrogen) atoms. The molecule has 0 atom stereocenters. The van der Waals surface area contributed by atoms with Gasteiger partial charge in [-0.2, -0.15) is 0 Å². The number of unbranched alkanes of at least 4 members (excludes halogenated alkanes) is 14. The molecule has 3 heteroatoms. The highest BCUT2D eigenvalue weighted by Gasteiger charge is 2.08. The number of hydrogen-bond acceptors (Lipinski definition) is 0. The molecule has 0 aliphatic carbocycles. The summed E-state index contributed by atoms with van der Waals surface area (Å²) in [7, 11) is 0. The fraction of sp³-hybridized carbons (Fsp3) is 0.615. The Morgan fingerprint density at radius 1 is 0.452 bits per heavy atom. The lowest BCUT2D eigenvalue weighted by Gasteiger charge is -2.06. The molecule has 0 fully saturated rings. The number of rotatable bonds is 22. The van der Waals surface area contributed by atoms with Crippen LogP contribution in [0.3, 0.4) is 0 Å². The number of pyridine rings is 3. The van der Waals surface area contributed by atoms with Gasteiger partial charge in [0.1, 0.15) is 19.6 Å². The van der Waals surface area contributed by atoms with Crippen LogP contribution >= 0.6 is 0 Å². The molecule has 0 bridgehead atoms. The van der Waals surface area contributed by atoms with Crippen LogP contribution in [0.2, 0.25) is 0 Å². The van der Waals surface area contributed by atoms with E-state index >= 15 is 0 Å². The minimum Gasteiger partial charge on any atom is -0.205 e. The topological polar surface area (TPSA) is 11.6 Å². The van der Waals surface area contributed by atoms with E-state index in [9.17, 15) is 0 Å². The summed E-state index contributed by atoms with van der Waals surface area (Å²) in [6.45, 7) is 12.4. The molecule has 3 heterocycles. The maximum atomic E-state index is 2.46. The van der Waals surface area contributed by atoms with Crippen molar-refractivity contribution >= 4 is 0 Å². The van der Waals surface area contributed by atoms with Crippen molar-refractivity contribution in [3.8, 4) is 0 Å². The summed E-state index contributed by atoms with van der Waals surface area (Å²) in [5.74, 6) is 0. The van der Waals surface area contributed by atoms with Crippen molar-refractivity contribution in [3.63, 3.8) is 0 Å². The van der Waals surface area contributed by atoms with Gasteiger partial charge in [-0.1, -0.05) is 63.9 Å². The van der Waals surface area contributed by atoms with E-state index in [2.05, 4.69) is 103 Å². The fourth-order valence-corrected chi connectivity index (χ4v) is 6.35. The van der Waals surface area contributed by atoms with Crippen molar-refractivity contribution in [3.05, 3.63) is 89.3 Å². The van der Waals surface area contributed by atoms with E-state index in [1.165, 1.54) is 144 Å². The summed E-state index contributed by atoms with van der Waals surface area (Å²) in [6, 6.07) is 13.5. The average Bonchev–Trinajstić information content (AvgIpc) is 2.96. The Morgan fingerprint density at radius 3 is 1.50 bits per heavy atom. The zero-order valence-corrected chi connectivity index (χ0v) is 27.8. The summed E-state index contributed by atoms with van der Waals surface area (Å²) in [4.78, 5) is 0. The predicted molar refractivity (Wildman–Crippen MR) is 176 cm³/mol. The van der Waals surface area contributed by atoms with Crippen molar-refractivity contribution in [1.29, 1.82) is 0 Å². The predicted octanol–water partition coefficient (Wildman–Crippen LogP) is 8.97. The average molecular weight is 573 g/mol. The van der Waals surface area contributed by atoms with Gasteiger partial charge in [0.25, 0.3) is 0 Å². The minimum absolute atomic E-state index is 1.16. The Balaban J connectivity index is 1.12. The maximum absolute atomic E-state index is 2.46. The zero-order chi connectivity index (χ0) is 29.8. The third kappa shape index (κ3) is 14.1. The Kier molecular flexibility index (Phi) is 16.5. The molecule has 0 radical (unpaired) electrons. The quantitative estimate of drug-likeness (QED) is 0.0841. The van der Waals surface area contributed by atoms with Crippen molar-refractivity contribution in [1.82, 2.24) is 0 Å². The molecule has 3 rings (SSSR count). The van der Waals surface area contributed by atoms with Crippen LogP contribution in [0.15, 0.2) is 61.2 Å². The van der Waals surface area contributed by atoms with Crippen molar-refractivity contribution < 1.29 is 13.7 Å². The van der Waals surface area contributed by atoms with E-state index in [4.69, 9.17) is 0 Å². The maximum Gasteiger partial charge on any atom is 0.178 e. The van der Waals surface area contributed by atoms with Crippen LogP contribution < -0.4 is 13.7 Å².